The first-order valence-electron chi connectivity index (χ1n) is 2.83. The molecule has 1 heterocycles. The van der Waals surface area contributed by atoms with E-state index in [4.69, 9.17) is 28.6 Å². The molecule has 0 saturated carbocycles. The summed E-state index contributed by atoms with van der Waals surface area (Å²) < 4.78 is 0. The van der Waals surface area contributed by atoms with Crippen LogP contribution < -0.4 is 12.4 Å². The monoisotopic (exact) mass is 223 g/mol. The van der Waals surface area contributed by atoms with E-state index in [0.717, 1.165) is 0 Å². The SMILES string of the molecule is Cc1cc(Cl)nc(Cl)c1[N+]#N.[Cl-]. The fraction of sp³-hybridized carbons (Fsp3) is 0.167. The second kappa shape index (κ2) is 4.46. The molecule has 0 radical (unpaired) electrons. The van der Waals surface area contributed by atoms with Crippen LogP contribution in [0, 0.1) is 12.3 Å². The molecule has 0 aromatic carbocycles. The van der Waals surface area contributed by atoms with E-state index in [9.17, 15) is 0 Å². The molecule has 1 aromatic rings. The molecule has 0 saturated heterocycles. The van der Waals surface area contributed by atoms with Crippen molar-refractivity contribution in [3.05, 3.63) is 26.9 Å². The summed E-state index contributed by atoms with van der Waals surface area (Å²) in [6.07, 6.45) is 0. The third kappa shape index (κ3) is 2.21. The van der Waals surface area contributed by atoms with Gasteiger partial charge in [0.15, 0.2) is 4.98 Å². The minimum absolute atomic E-state index is 0. The number of halogens is 3. The van der Waals surface area contributed by atoms with Gasteiger partial charge in [0.1, 0.15) is 5.15 Å². The van der Waals surface area contributed by atoms with Gasteiger partial charge in [-0.25, -0.2) is 4.98 Å². The zero-order valence-corrected chi connectivity index (χ0v) is 8.32. The predicted octanol–water partition coefficient (Wildman–Crippen LogP) is 0.185. The van der Waals surface area contributed by atoms with Crippen molar-refractivity contribution in [1.82, 2.24) is 4.98 Å². The summed E-state index contributed by atoms with van der Waals surface area (Å²) in [5, 5.41) is 8.85. The van der Waals surface area contributed by atoms with Crippen molar-refractivity contribution in [2.45, 2.75) is 6.92 Å². The molecule has 0 amide bonds. The van der Waals surface area contributed by atoms with Gasteiger partial charge in [-0.15, -0.1) is 0 Å². The first kappa shape index (κ1) is 11.4. The normalized spacial score (nSPS) is 8.50. The zero-order valence-electron chi connectivity index (χ0n) is 6.05. The molecule has 0 fully saturated rings. The maximum Gasteiger partial charge on any atom is 0.424 e. The predicted molar refractivity (Wildman–Crippen MR) is 43.7 cm³/mol. The Labute approximate surface area is 85.7 Å². The standard InChI is InChI=1S/C6H4Cl2N3.ClH/c1-3-2-4(7)10-6(8)5(3)11-9;/h2H,1H3;1H/q+1;/p-1. The van der Waals surface area contributed by atoms with Gasteiger partial charge in [-0.2, -0.15) is 0 Å². The molecule has 1 rings (SSSR count). The summed E-state index contributed by atoms with van der Waals surface area (Å²) in [5.74, 6) is 0. The van der Waals surface area contributed by atoms with Crippen LogP contribution in [0.3, 0.4) is 0 Å². The number of pyridine rings is 1. The average Bonchev–Trinajstić information content (AvgIpc) is 1.85. The van der Waals surface area contributed by atoms with Crippen molar-refractivity contribution in [2.75, 3.05) is 0 Å². The van der Waals surface area contributed by atoms with Crippen molar-refractivity contribution < 1.29 is 12.4 Å². The molecule has 0 spiro atoms. The summed E-state index contributed by atoms with van der Waals surface area (Å²) in [4.78, 5) is 6.64. The Kier molecular flexibility index (Phi) is 4.25. The van der Waals surface area contributed by atoms with Crippen LogP contribution in [0.2, 0.25) is 10.3 Å². The average molecular weight is 224 g/mol. The van der Waals surface area contributed by atoms with Gasteiger partial charge in [0.25, 0.3) is 0 Å². The van der Waals surface area contributed by atoms with Gasteiger partial charge in [-0.05, 0) is 13.0 Å². The van der Waals surface area contributed by atoms with Crippen molar-refractivity contribution in [2.24, 2.45) is 0 Å². The van der Waals surface area contributed by atoms with Gasteiger partial charge in [0.05, 0.1) is 5.56 Å². The van der Waals surface area contributed by atoms with Gasteiger partial charge in [-0.3, -0.25) is 0 Å². The zero-order chi connectivity index (χ0) is 8.43. The van der Waals surface area contributed by atoms with Crippen molar-refractivity contribution >= 4 is 28.9 Å². The van der Waals surface area contributed by atoms with Crippen LogP contribution in [-0.4, -0.2) is 4.98 Å². The first-order valence-corrected chi connectivity index (χ1v) is 3.58. The topological polar surface area (TPSA) is 41.0 Å². The smallest absolute Gasteiger partial charge is 0.424 e. The molecule has 0 aliphatic heterocycles. The molecule has 3 nitrogen and oxygen atoms in total. The minimum Gasteiger partial charge on any atom is -1.00 e. The Morgan fingerprint density at radius 1 is 1.50 bits per heavy atom. The highest BCUT2D eigenvalue weighted by Crippen LogP contribution is 2.28. The highest BCUT2D eigenvalue weighted by atomic mass is 35.5. The first-order chi connectivity index (χ1) is 5.15. The van der Waals surface area contributed by atoms with Crippen LogP contribution in [0.4, 0.5) is 5.69 Å². The number of aromatic nitrogens is 1. The van der Waals surface area contributed by atoms with Crippen LogP contribution >= 0.6 is 23.2 Å². The summed E-state index contributed by atoms with van der Waals surface area (Å²) in [7, 11) is 0. The summed E-state index contributed by atoms with van der Waals surface area (Å²) in [6, 6.07) is 1.57. The van der Waals surface area contributed by atoms with E-state index in [-0.39, 0.29) is 23.2 Å². The van der Waals surface area contributed by atoms with E-state index in [1.54, 1.807) is 13.0 Å². The van der Waals surface area contributed by atoms with Gasteiger partial charge in [0, 0.05) is 0 Å². The fourth-order valence-corrected chi connectivity index (χ4v) is 1.28. The Balaban J connectivity index is 0.00000121. The van der Waals surface area contributed by atoms with Crippen molar-refractivity contribution in [3.63, 3.8) is 0 Å². The molecule has 0 N–H and O–H groups in total. The molecule has 64 valence electrons. The van der Waals surface area contributed by atoms with Crippen molar-refractivity contribution in [3.8, 4) is 0 Å². The lowest BCUT2D eigenvalue weighted by Crippen LogP contribution is -3.00. The number of aryl methyl sites for hydroxylation is 1. The third-order valence-corrected chi connectivity index (χ3v) is 1.67. The highest BCUT2D eigenvalue weighted by Gasteiger charge is 2.18. The van der Waals surface area contributed by atoms with Crippen LogP contribution in [0.15, 0.2) is 6.07 Å². The highest BCUT2D eigenvalue weighted by molar-refractivity contribution is 6.34. The van der Waals surface area contributed by atoms with E-state index >= 15 is 0 Å². The van der Waals surface area contributed by atoms with E-state index in [0.29, 0.717) is 10.7 Å². The number of diazo groups is 1. The summed E-state index contributed by atoms with van der Waals surface area (Å²) in [6.45, 7) is 1.73. The molecule has 1 aromatic heterocycles. The van der Waals surface area contributed by atoms with E-state index in [1.807, 2.05) is 0 Å². The van der Waals surface area contributed by atoms with E-state index in [2.05, 4.69) is 9.96 Å². The Morgan fingerprint density at radius 2 is 2.08 bits per heavy atom. The number of hydrogen-bond donors (Lipinski definition) is 0. The fourth-order valence-electron chi connectivity index (χ4n) is 0.709. The molecule has 0 unspecified atom stereocenters. The number of hydrogen-bond acceptors (Lipinski definition) is 2. The maximum absolute atomic E-state index is 8.45. The molecule has 0 bridgehead atoms. The lowest BCUT2D eigenvalue weighted by Gasteiger charge is -1.90. The second-order valence-electron chi connectivity index (χ2n) is 2.00. The molecule has 6 heteroatoms. The lowest BCUT2D eigenvalue weighted by atomic mass is 10.3. The molecule has 0 atom stereocenters. The molecular formula is C6H4Cl3N3. The maximum atomic E-state index is 8.45. The van der Waals surface area contributed by atoms with Crippen LogP contribution in [-0.2, 0) is 0 Å². The van der Waals surface area contributed by atoms with Gasteiger partial charge in [0.2, 0.25) is 10.5 Å². The second-order valence-corrected chi connectivity index (χ2v) is 2.75. The van der Waals surface area contributed by atoms with Crippen molar-refractivity contribution in [1.29, 1.82) is 5.39 Å². The lowest BCUT2D eigenvalue weighted by molar-refractivity contribution is -0.00000245. The van der Waals surface area contributed by atoms with Gasteiger partial charge < -0.3 is 12.4 Å². The van der Waals surface area contributed by atoms with Gasteiger partial charge in [-0.1, -0.05) is 23.2 Å². The van der Waals surface area contributed by atoms with Gasteiger partial charge >= 0.3 is 5.69 Å². The molecule has 0 aliphatic carbocycles. The third-order valence-electron chi connectivity index (χ3n) is 1.21. The molecule has 0 aliphatic rings. The number of nitrogens with zero attached hydrogens (tertiary/aromatic N) is 3. The summed E-state index contributed by atoms with van der Waals surface area (Å²) in [5.41, 5.74) is 0.952. The van der Waals surface area contributed by atoms with Crippen LogP contribution in [0.1, 0.15) is 5.56 Å². The Hall–Kier alpha value is -0.560. The quantitative estimate of drug-likeness (QED) is 0.466. The number of rotatable bonds is 0. The largest absolute Gasteiger partial charge is 1.00 e. The van der Waals surface area contributed by atoms with E-state index in [1.165, 1.54) is 0 Å². The van der Waals surface area contributed by atoms with Crippen LogP contribution in [0.5, 0.6) is 0 Å². The van der Waals surface area contributed by atoms with E-state index < -0.39 is 0 Å². The van der Waals surface area contributed by atoms with Crippen LogP contribution in [0.25, 0.3) is 4.98 Å². The molecular weight excluding hydrogens is 220 g/mol. The Morgan fingerprint density at radius 3 is 2.50 bits per heavy atom. The Bertz CT molecular complexity index is 308. The minimum atomic E-state index is 0. The molecule has 12 heavy (non-hydrogen) atoms. The summed E-state index contributed by atoms with van der Waals surface area (Å²) >= 11 is 11.1.